The molecule has 0 aliphatic carbocycles. The van der Waals surface area contributed by atoms with E-state index in [4.69, 9.17) is 4.74 Å². The van der Waals surface area contributed by atoms with Crippen LogP contribution in [0.4, 0.5) is 5.69 Å². The third-order valence-corrected chi connectivity index (χ3v) is 2.82. The van der Waals surface area contributed by atoms with E-state index in [0.29, 0.717) is 23.7 Å². The smallest absolute Gasteiger partial charge is 0.246 e. The molecule has 1 unspecified atom stereocenters. The summed E-state index contributed by atoms with van der Waals surface area (Å²) < 4.78 is 5.23. The van der Waals surface area contributed by atoms with Gasteiger partial charge in [0.05, 0.1) is 24.6 Å². The molecular weight excluding hydrogens is 266 g/mol. The van der Waals surface area contributed by atoms with Crippen LogP contribution in [0.5, 0.6) is 5.88 Å². The van der Waals surface area contributed by atoms with Crippen LogP contribution in [0.1, 0.15) is 18.4 Å². The number of amides is 1. The number of hydrogen-bond acceptors (Lipinski definition) is 4. The van der Waals surface area contributed by atoms with Crippen LogP contribution in [0.3, 0.4) is 0 Å². The maximum absolute atomic E-state index is 12.2. The molecule has 0 saturated heterocycles. The minimum Gasteiger partial charge on any atom is -0.478 e. The SMILES string of the molecule is CCOc1ccc(NC(=O)C(C#N)c2ccccc2)cn1. The van der Waals surface area contributed by atoms with Gasteiger partial charge in [0, 0.05) is 6.07 Å². The maximum Gasteiger partial charge on any atom is 0.246 e. The molecule has 1 aromatic carbocycles. The van der Waals surface area contributed by atoms with Gasteiger partial charge < -0.3 is 10.1 Å². The number of rotatable bonds is 5. The molecular formula is C16H15N3O2. The number of carbonyl (C=O) groups excluding carboxylic acids is 1. The van der Waals surface area contributed by atoms with E-state index in [2.05, 4.69) is 10.3 Å². The second kappa shape index (κ2) is 7.06. The highest BCUT2D eigenvalue weighted by molar-refractivity contribution is 5.97. The van der Waals surface area contributed by atoms with Crippen LogP contribution in [0.2, 0.25) is 0 Å². The Balaban J connectivity index is 2.08. The Bertz CT molecular complexity index is 633. The van der Waals surface area contributed by atoms with Gasteiger partial charge in [-0.05, 0) is 18.6 Å². The van der Waals surface area contributed by atoms with Gasteiger partial charge in [-0.1, -0.05) is 30.3 Å². The number of ether oxygens (including phenoxy) is 1. The number of aromatic nitrogens is 1. The van der Waals surface area contributed by atoms with E-state index < -0.39 is 5.92 Å². The first kappa shape index (κ1) is 14.5. The summed E-state index contributed by atoms with van der Waals surface area (Å²) in [7, 11) is 0. The van der Waals surface area contributed by atoms with Crippen LogP contribution in [-0.2, 0) is 4.79 Å². The number of nitrogens with zero attached hydrogens (tertiary/aromatic N) is 2. The zero-order valence-corrected chi connectivity index (χ0v) is 11.6. The number of nitriles is 1. The molecule has 1 atom stereocenters. The van der Waals surface area contributed by atoms with Gasteiger partial charge in [0.15, 0.2) is 5.92 Å². The number of carbonyl (C=O) groups is 1. The average molecular weight is 281 g/mol. The lowest BCUT2D eigenvalue weighted by molar-refractivity contribution is -0.116. The van der Waals surface area contributed by atoms with Crippen molar-refractivity contribution in [2.45, 2.75) is 12.8 Å². The minimum atomic E-state index is -0.849. The standard InChI is InChI=1S/C16H15N3O2/c1-2-21-15-9-8-13(11-18-15)19-16(20)14(10-17)12-6-4-3-5-7-12/h3-9,11,14H,2H2,1H3,(H,19,20). The van der Waals surface area contributed by atoms with Gasteiger partial charge in [-0.2, -0.15) is 5.26 Å². The van der Waals surface area contributed by atoms with Crippen molar-refractivity contribution in [2.75, 3.05) is 11.9 Å². The van der Waals surface area contributed by atoms with Gasteiger partial charge in [-0.3, -0.25) is 4.79 Å². The second-order valence-corrected chi connectivity index (χ2v) is 4.28. The molecule has 2 aromatic rings. The van der Waals surface area contributed by atoms with Crippen LogP contribution in [0.25, 0.3) is 0 Å². The van der Waals surface area contributed by atoms with Crippen molar-refractivity contribution in [1.82, 2.24) is 4.98 Å². The summed E-state index contributed by atoms with van der Waals surface area (Å²) >= 11 is 0. The number of nitrogens with one attached hydrogen (secondary N) is 1. The van der Waals surface area contributed by atoms with E-state index in [1.54, 1.807) is 36.4 Å². The lowest BCUT2D eigenvalue weighted by atomic mass is 10.00. The van der Waals surface area contributed by atoms with Gasteiger partial charge in [0.1, 0.15) is 0 Å². The number of benzene rings is 1. The molecule has 0 radical (unpaired) electrons. The highest BCUT2D eigenvalue weighted by Crippen LogP contribution is 2.18. The van der Waals surface area contributed by atoms with E-state index in [1.807, 2.05) is 19.1 Å². The molecule has 1 aromatic heterocycles. The quantitative estimate of drug-likeness (QED) is 0.914. The fourth-order valence-electron chi connectivity index (χ4n) is 1.83. The lowest BCUT2D eigenvalue weighted by Gasteiger charge is -2.10. The first-order valence-electron chi connectivity index (χ1n) is 6.59. The molecule has 1 N–H and O–H groups in total. The lowest BCUT2D eigenvalue weighted by Crippen LogP contribution is -2.20. The van der Waals surface area contributed by atoms with Crippen molar-refractivity contribution in [3.63, 3.8) is 0 Å². The number of anilines is 1. The average Bonchev–Trinajstić information content (AvgIpc) is 2.51. The van der Waals surface area contributed by atoms with Crippen LogP contribution in [0.15, 0.2) is 48.7 Å². The van der Waals surface area contributed by atoms with E-state index in [0.717, 1.165) is 0 Å². The number of hydrogen-bond donors (Lipinski definition) is 1. The molecule has 1 heterocycles. The molecule has 2 rings (SSSR count). The van der Waals surface area contributed by atoms with Crippen LogP contribution >= 0.6 is 0 Å². The maximum atomic E-state index is 12.2. The summed E-state index contributed by atoms with van der Waals surface area (Å²) in [5, 5.41) is 11.9. The fraction of sp³-hybridized carbons (Fsp3) is 0.188. The molecule has 1 amide bonds. The fourth-order valence-corrected chi connectivity index (χ4v) is 1.83. The molecule has 0 spiro atoms. The Labute approximate surface area is 123 Å². The molecule has 5 nitrogen and oxygen atoms in total. The van der Waals surface area contributed by atoms with E-state index in [-0.39, 0.29) is 5.91 Å². The Morgan fingerprint density at radius 3 is 2.67 bits per heavy atom. The minimum absolute atomic E-state index is 0.380. The molecule has 21 heavy (non-hydrogen) atoms. The van der Waals surface area contributed by atoms with Crippen molar-refractivity contribution in [3.8, 4) is 11.9 Å². The summed E-state index contributed by atoms with van der Waals surface area (Å²) in [6.07, 6.45) is 1.50. The van der Waals surface area contributed by atoms with Crippen molar-refractivity contribution in [2.24, 2.45) is 0 Å². The van der Waals surface area contributed by atoms with Crippen LogP contribution in [-0.4, -0.2) is 17.5 Å². The topological polar surface area (TPSA) is 75.0 Å². The third-order valence-electron chi connectivity index (χ3n) is 2.82. The Morgan fingerprint density at radius 2 is 2.10 bits per heavy atom. The first-order chi connectivity index (χ1) is 10.2. The van der Waals surface area contributed by atoms with E-state index >= 15 is 0 Å². The van der Waals surface area contributed by atoms with Gasteiger partial charge in [-0.25, -0.2) is 4.98 Å². The first-order valence-corrected chi connectivity index (χ1v) is 6.59. The molecule has 0 fully saturated rings. The van der Waals surface area contributed by atoms with Gasteiger partial charge in [0.2, 0.25) is 11.8 Å². The Hall–Kier alpha value is -2.87. The molecule has 0 bridgehead atoms. The predicted molar refractivity (Wildman–Crippen MR) is 78.8 cm³/mol. The summed E-state index contributed by atoms with van der Waals surface area (Å²) in [5.41, 5.74) is 1.19. The monoisotopic (exact) mass is 281 g/mol. The van der Waals surface area contributed by atoms with Gasteiger partial charge in [0.25, 0.3) is 0 Å². The molecule has 106 valence electrons. The zero-order chi connectivity index (χ0) is 15.1. The largest absolute Gasteiger partial charge is 0.478 e. The highest BCUT2D eigenvalue weighted by Gasteiger charge is 2.19. The molecule has 0 saturated carbocycles. The normalized spacial score (nSPS) is 11.2. The summed E-state index contributed by atoms with van der Waals surface area (Å²) in [6, 6.07) is 14.3. The van der Waals surface area contributed by atoms with E-state index in [9.17, 15) is 10.1 Å². The summed E-state index contributed by atoms with van der Waals surface area (Å²) in [5.74, 6) is -0.734. The molecule has 0 aliphatic heterocycles. The zero-order valence-electron chi connectivity index (χ0n) is 11.6. The Kier molecular flexibility index (Phi) is 4.89. The van der Waals surface area contributed by atoms with Gasteiger partial charge >= 0.3 is 0 Å². The molecule has 0 aliphatic rings. The number of pyridine rings is 1. The second-order valence-electron chi connectivity index (χ2n) is 4.28. The summed E-state index contributed by atoms with van der Waals surface area (Å²) in [4.78, 5) is 16.2. The van der Waals surface area contributed by atoms with Crippen LogP contribution < -0.4 is 10.1 Å². The van der Waals surface area contributed by atoms with Crippen molar-refractivity contribution >= 4 is 11.6 Å². The van der Waals surface area contributed by atoms with Crippen molar-refractivity contribution in [1.29, 1.82) is 5.26 Å². The summed E-state index contributed by atoms with van der Waals surface area (Å²) in [6.45, 7) is 2.40. The van der Waals surface area contributed by atoms with Gasteiger partial charge in [-0.15, -0.1) is 0 Å². The Morgan fingerprint density at radius 1 is 1.33 bits per heavy atom. The predicted octanol–water partition coefficient (Wildman–Crippen LogP) is 2.73. The molecule has 5 heteroatoms. The van der Waals surface area contributed by atoms with Crippen molar-refractivity contribution < 1.29 is 9.53 Å². The van der Waals surface area contributed by atoms with Crippen molar-refractivity contribution in [3.05, 3.63) is 54.2 Å². The highest BCUT2D eigenvalue weighted by atomic mass is 16.5. The van der Waals surface area contributed by atoms with Crippen LogP contribution in [0, 0.1) is 11.3 Å². The third kappa shape index (κ3) is 3.80. The van der Waals surface area contributed by atoms with E-state index in [1.165, 1.54) is 6.20 Å².